The SMILES string of the molecule is CCO[Si](OCC)(OCC)O/N=C(\C)CC. The Labute approximate surface area is 99.2 Å². The monoisotopic (exact) mass is 249 g/mol. The van der Waals surface area contributed by atoms with Gasteiger partial charge in [-0.05, 0) is 34.1 Å². The van der Waals surface area contributed by atoms with Crippen LogP contribution in [0.5, 0.6) is 0 Å². The van der Waals surface area contributed by atoms with Crippen LogP contribution in [0.4, 0.5) is 0 Å². The van der Waals surface area contributed by atoms with Crippen molar-refractivity contribution in [2.24, 2.45) is 5.16 Å². The Balaban J connectivity index is 4.58. The highest BCUT2D eigenvalue weighted by molar-refractivity contribution is 6.53. The Morgan fingerprint density at radius 2 is 1.38 bits per heavy atom. The highest BCUT2D eigenvalue weighted by Crippen LogP contribution is 2.12. The fourth-order valence-electron chi connectivity index (χ4n) is 0.933. The van der Waals surface area contributed by atoms with E-state index < -0.39 is 9.05 Å². The van der Waals surface area contributed by atoms with Crippen LogP contribution in [0.3, 0.4) is 0 Å². The second kappa shape index (κ2) is 8.69. The second-order valence-electron chi connectivity index (χ2n) is 3.07. The first kappa shape index (κ1) is 15.6. The van der Waals surface area contributed by atoms with Gasteiger partial charge in [0.05, 0.1) is 5.71 Å². The van der Waals surface area contributed by atoms with Crippen LogP contribution in [0.1, 0.15) is 41.0 Å². The number of hydrogen-bond acceptors (Lipinski definition) is 5. The van der Waals surface area contributed by atoms with E-state index in [2.05, 4.69) is 5.16 Å². The molecule has 0 spiro atoms. The number of nitrogens with zero attached hydrogens (tertiary/aromatic N) is 1. The zero-order valence-electron chi connectivity index (χ0n) is 10.9. The average Bonchev–Trinajstić information content (AvgIpc) is 2.27. The third-order valence-corrected chi connectivity index (χ3v) is 4.03. The van der Waals surface area contributed by atoms with Crippen LogP contribution in [0.25, 0.3) is 0 Å². The van der Waals surface area contributed by atoms with Crippen LogP contribution in [-0.4, -0.2) is 34.6 Å². The smallest absolute Gasteiger partial charge is 0.372 e. The molecule has 0 heterocycles. The molecule has 0 aromatic rings. The summed E-state index contributed by atoms with van der Waals surface area (Å²) >= 11 is 0. The molecule has 96 valence electrons. The second-order valence-corrected chi connectivity index (χ2v) is 5.12. The van der Waals surface area contributed by atoms with Crippen molar-refractivity contribution in [2.75, 3.05) is 19.8 Å². The molecule has 5 nitrogen and oxygen atoms in total. The van der Waals surface area contributed by atoms with Crippen molar-refractivity contribution in [3.63, 3.8) is 0 Å². The maximum Gasteiger partial charge on any atom is 0.770 e. The predicted molar refractivity (Wildman–Crippen MR) is 65.1 cm³/mol. The molecule has 0 radical (unpaired) electrons. The molecule has 0 amide bonds. The first-order valence-corrected chi connectivity index (χ1v) is 7.40. The lowest BCUT2D eigenvalue weighted by atomic mass is 10.3. The van der Waals surface area contributed by atoms with Crippen molar-refractivity contribution < 1.29 is 17.8 Å². The van der Waals surface area contributed by atoms with E-state index in [0.717, 1.165) is 12.1 Å². The van der Waals surface area contributed by atoms with Gasteiger partial charge in [0.2, 0.25) is 0 Å². The molecule has 16 heavy (non-hydrogen) atoms. The summed E-state index contributed by atoms with van der Waals surface area (Å²) < 4.78 is 21.8. The molecular weight excluding hydrogens is 226 g/mol. The number of hydrogen-bond donors (Lipinski definition) is 0. The molecule has 0 fully saturated rings. The third-order valence-electron chi connectivity index (χ3n) is 1.79. The summed E-state index contributed by atoms with van der Waals surface area (Å²) in [5.74, 6) is 0. The van der Waals surface area contributed by atoms with Crippen molar-refractivity contribution in [2.45, 2.75) is 41.0 Å². The van der Waals surface area contributed by atoms with E-state index in [4.69, 9.17) is 17.8 Å². The van der Waals surface area contributed by atoms with Gasteiger partial charge in [-0.1, -0.05) is 6.92 Å². The Morgan fingerprint density at radius 3 is 1.69 bits per heavy atom. The molecular formula is C10H23NO4Si. The molecule has 0 aliphatic carbocycles. The Kier molecular flexibility index (Phi) is 8.45. The van der Waals surface area contributed by atoms with E-state index in [0.29, 0.717) is 19.8 Å². The third kappa shape index (κ3) is 5.60. The van der Waals surface area contributed by atoms with Crippen LogP contribution < -0.4 is 0 Å². The van der Waals surface area contributed by atoms with Crippen molar-refractivity contribution in [3.05, 3.63) is 0 Å². The standard InChI is InChI=1S/C10H23NO4Si/c1-6-10(5)11-15-16(12-7-2,13-8-3)14-9-4/h6-9H2,1-5H3/b11-10+. The molecule has 0 saturated carbocycles. The van der Waals surface area contributed by atoms with Gasteiger partial charge in [0, 0.05) is 19.8 Å². The van der Waals surface area contributed by atoms with E-state index in [-0.39, 0.29) is 0 Å². The van der Waals surface area contributed by atoms with Crippen LogP contribution in [0.15, 0.2) is 5.16 Å². The van der Waals surface area contributed by atoms with Crippen LogP contribution in [-0.2, 0) is 17.8 Å². The normalized spacial score (nSPS) is 12.9. The van der Waals surface area contributed by atoms with Gasteiger partial charge in [0.1, 0.15) is 0 Å². The van der Waals surface area contributed by atoms with Gasteiger partial charge in [0.15, 0.2) is 0 Å². The van der Waals surface area contributed by atoms with E-state index >= 15 is 0 Å². The lowest BCUT2D eigenvalue weighted by Gasteiger charge is -2.23. The Hall–Kier alpha value is -0.433. The van der Waals surface area contributed by atoms with Crippen molar-refractivity contribution in [3.8, 4) is 0 Å². The van der Waals surface area contributed by atoms with Gasteiger partial charge in [-0.15, -0.1) is 5.16 Å². The highest BCUT2D eigenvalue weighted by Gasteiger charge is 2.48. The lowest BCUT2D eigenvalue weighted by Crippen LogP contribution is -2.48. The maximum absolute atomic E-state index is 5.47. The van der Waals surface area contributed by atoms with E-state index in [1.807, 2.05) is 34.6 Å². The molecule has 0 aromatic carbocycles. The zero-order valence-corrected chi connectivity index (χ0v) is 11.9. The molecule has 0 aliphatic rings. The quantitative estimate of drug-likeness (QED) is 0.357. The van der Waals surface area contributed by atoms with Crippen molar-refractivity contribution in [1.29, 1.82) is 0 Å². The van der Waals surface area contributed by atoms with Crippen molar-refractivity contribution in [1.82, 2.24) is 0 Å². The van der Waals surface area contributed by atoms with E-state index in [9.17, 15) is 0 Å². The van der Waals surface area contributed by atoms with E-state index in [1.165, 1.54) is 0 Å². The fraction of sp³-hybridized carbons (Fsp3) is 0.900. The van der Waals surface area contributed by atoms with Crippen LogP contribution in [0, 0.1) is 0 Å². The van der Waals surface area contributed by atoms with Gasteiger partial charge < -0.3 is 17.8 Å². The van der Waals surface area contributed by atoms with Crippen LogP contribution in [0.2, 0.25) is 0 Å². The summed E-state index contributed by atoms with van der Waals surface area (Å²) in [5, 5.41) is 3.97. The lowest BCUT2D eigenvalue weighted by molar-refractivity contribution is -0.0265. The number of rotatable bonds is 9. The maximum atomic E-state index is 5.47. The van der Waals surface area contributed by atoms with Crippen molar-refractivity contribution >= 4 is 14.8 Å². The summed E-state index contributed by atoms with van der Waals surface area (Å²) in [7, 11) is -3.06. The highest BCUT2D eigenvalue weighted by atomic mass is 28.4. The molecule has 0 saturated heterocycles. The Morgan fingerprint density at radius 1 is 0.938 bits per heavy atom. The van der Waals surface area contributed by atoms with E-state index in [1.54, 1.807) is 0 Å². The molecule has 0 bridgehead atoms. The topological polar surface area (TPSA) is 49.3 Å². The molecule has 6 heteroatoms. The molecule has 0 atom stereocenters. The Bertz CT molecular complexity index is 194. The summed E-state index contributed by atoms with van der Waals surface area (Å²) in [6.07, 6.45) is 0.828. The molecule has 0 aliphatic heterocycles. The fourth-order valence-corrected chi connectivity index (χ4v) is 2.67. The molecule has 0 aromatic heterocycles. The molecule has 0 rings (SSSR count). The first-order chi connectivity index (χ1) is 7.64. The summed E-state index contributed by atoms with van der Waals surface area (Å²) in [4.78, 5) is 0. The summed E-state index contributed by atoms with van der Waals surface area (Å²) in [5.41, 5.74) is 0.885. The zero-order chi connectivity index (χ0) is 12.4. The van der Waals surface area contributed by atoms with Gasteiger partial charge in [-0.25, -0.2) is 0 Å². The van der Waals surface area contributed by atoms with Gasteiger partial charge >= 0.3 is 9.05 Å². The summed E-state index contributed by atoms with van der Waals surface area (Å²) in [6, 6.07) is 0. The first-order valence-electron chi connectivity index (χ1n) is 5.77. The summed E-state index contributed by atoms with van der Waals surface area (Å²) in [6.45, 7) is 11.0. The largest absolute Gasteiger partial charge is 0.770 e. The average molecular weight is 249 g/mol. The number of oxime groups is 1. The van der Waals surface area contributed by atoms with Gasteiger partial charge in [-0.3, -0.25) is 0 Å². The molecule has 0 unspecified atom stereocenters. The predicted octanol–water partition coefficient (Wildman–Crippen LogP) is 2.33. The van der Waals surface area contributed by atoms with Gasteiger partial charge in [0.25, 0.3) is 0 Å². The minimum atomic E-state index is -3.06. The minimum absolute atomic E-state index is 0.479. The molecule has 0 N–H and O–H groups in total. The van der Waals surface area contributed by atoms with Crippen LogP contribution >= 0.6 is 0 Å². The minimum Gasteiger partial charge on any atom is -0.372 e. The van der Waals surface area contributed by atoms with Gasteiger partial charge in [-0.2, -0.15) is 0 Å².